The van der Waals surface area contributed by atoms with Gasteiger partial charge in [0.25, 0.3) is 0 Å². The van der Waals surface area contributed by atoms with Crippen molar-refractivity contribution in [2.45, 2.75) is 59.0 Å². The van der Waals surface area contributed by atoms with Gasteiger partial charge in [-0.25, -0.2) is 0 Å². The molecule has 1 fully saturated rings. The fourth-order valence-electron chi connectivity index (χ4n) is 2.61. The van der Waals surface area contributed by atoms with Crippen molar-refractivity contribution in [3.05, 3.63) is 0 Å². The predicted molar refractivity (Wildman–Crippen MR) is 61.6 cm³/mol. The molecule has 1 rings (SSSR count). The number of aliphatic hydroxyl groups excluding tert-OH is 1. The molecule has 0 aromatic heterocycles. The predicted octanol–water partition coefficient (Wildman–Crippen LogP) is 2.79. The van der Waals surface area contributed by atoms with Crippen LogP contribution in [-0.2, 0) is 4.79 Å². The maximum absolute atomic E-state index is 11.7. The number of carbonyl (C=O) groups excluding carboxylic acids is 1. The Morgan fingerprint density at radius 2 is 2.13 bits per heavy atom. The second kappa shape index (κ2) is 5.64. The lowest BCUT2D eigenvalue weighted by Gasteiger charge is -2.26. The smallest absolute Gasteiger partial charge is 0.138 e. The number of hydrogen-bond acceptors (Lipinski definition) is 2. The van der Waals surface area contributed by atoms with Crippen LogP contribution in [0.3, 0.4) is 0 Å². The molecule has 0 spiro atoms. The average Bonchev–Trinajstić information content (AvgIpc) is 2.55. The number of carbonyl (C=O) groups is 1. The Labute approximate surface area is 93.1 Å². The summed E-state index contributed by atoms with van der Waals surface area (Å²) < 4.78 is 0. The van der Waals surface area contributed by atoms with Crippen molar-refractivity contribution in [3.8, 4) is 0 Å². The van der Waals surface area contributed by atoms with Crippen LogP contribution in [-0.4, -0.2) is 17.0 Å². The SMILES string of the molecule is CCCCC1CCC(=O)C1C(O)C(C)C. The van der Waals surface area contributed by atoms with Crippen LogP contribution >= 0.6 is 0 Å². The zero-order valence-corrected chi connectivity index (χ0v) is 10.2. The molecule has 3 unspecified atom stereocenters. The van der Waals surface area contributed by atoms with Crippen LogP contribution in [0, 0.1) is 17.8 Å². The Hall–Kier alpha value is -0.370. The molecular formula is C13H24O2. The summed E-state index contributed by atoms with van der Waals surface area (Å²) in [5, 5.41) is 10.0. The van der Waals surface area contributed by atoms with Gasteiger partial charge in [0.2, 0.25) is 0 Å². The van der Waals surface area contributed by atoms with E-state index in [4.69, 9.17) is 0 Å². The summed E-state index contributed by atoms with van der Waals surface area (Å²) in [7, 11) is 0. The minimum absolute atomic E-state index is 0.0726. The summed E-state index contributed by atoms with van der Waals surface area (Å²) >= 11 is 0. The summed E-state index contributed by atoms with van der Waals surface area (Å²) in [5.74, 6) is 0.852. The summed E-state index contributed by atoms with van der Waals surface area (Å²) in [6.07, 6.45) is 4.71. The van der Waals surface area contributed by atoms with Crippen LogP contribution in [0.5, 0.6) is 0 Å². The molecule has 1 saturated carbocycles. The highest BCUT2D eigenvalue weighted by atomic mass is 16.3. The molecular weight excluding hydrogens is 188 g/mol. The molecule has 2 nitrogen and oxygen atoms in total. The fraction of sp³-hybridized carbons (Fsp3) is 0.923. The van der Waals surface area contributed by atoms with Crippen LogP contribution in [0.4, 0.5) is 0 Å². The third-order valence-electron chi connectivity index (χ3n) is 3.62. The molecule has 1 aliphatic rings. The van der Waals surface area contributed by atoms with Gasteiger partial charge in [-0.2, -0.15) is 0 Å². The van der Waals surface area contributed by atoms with E-state index in [1.165, 1.54) is 12.8 Å². The highest BCUT2D eigenvalue weighted by Gasteiger charge is 2.39. The van der Waals surface area contributed by atoms with Crippen molar-refractivity contribution in [1.82, 2.24) is 0 Å². The normalized spacial score (nSPS) is 28.7. The Balaban J connectivity index is 2.60. The Kier molecular flexibility index (Phi) is 4.78. The minimum atomic E-state index is -0.429. The number of rotatable bonds is 5. The van der Waals surface area contributed by atoms with Gasteiger partial charge in [0.1, 0.15) is 5.78 Å². The summed E-state index contributed by atoms with van der Waals surface area (Å²) in [6, 6.07) is 0. The number of Topliss-reactive ketones (excluding diaryl/α,β-unsaturated/α-hetero) is 1. The Morgan fingerprint density at radius 3 is 2.67 bits per heavy atom. The zero-order valence-electron chi connectivity index (χ0n) is 10.2. The first-order chi connectivity index (χ1) is 7.07. The van der Waals surface area contributed by atoms with E-state index in [1.54, 1.807) is 0 Å². The lowest BCUT2D eigenvalue weighted by atomic mass is 9.82. The summed E-state index contributed by atoms with van der Waals surface area (Å²) in [6.45, 7) is 6.16. The maximum Gasteiger partial charge on any atom is 0.138 e. The third kappa shape index (κ3) is 3.04. The topological polar surface area (TPSA) is 37.3 Å². The van der Waals surface area contributed by atoms with Gasteiger partial charge in [-0.1, -0.05) is 33.6 Å². The second-order valence-corrected chi connectivity index (χ2v) is 5.17. The average molecular weight is 212 g/mol. The number of unbranched alkanes of at least 4 members (excludes halogenated alkanes) is 1. The Morgan fingerprint density at radius 1 is 1.47 bits per heavy atom. The fourth-order valence-corrected chi connectivity index (χ4v) is 2.61. The number of ketones is 1. The monoisotopic (exact) mass is 212 g/mol. The summed E-state index contributed by atoms with van der Waals surface area (Å²) in [4.78, 5) is 11.7. The van der Waals surface area contributed by atoms with Crippen LogP contribution in [0.1, 0.15) is 52.9 Å². The van der Waals surface area contributed by atoms with Crippen molar-refractivity contribution < 1.29 is 9.90 Å². The molecule has 0 amide bonds. The van der Waals surface area contributed by atoms with Gasteiger partial charge in [0, 0.05) is 12.3 Å². The van der Waals surface area contributed by atoms with Crippen LogP contribution in [0.25, 0.3) is 0 Å². The first-order valence-corrected chi connectivity index (χ1v) is 6.28. The number of aliphatic hydroxyl groups is 1. The molecule has 0 radical (unpaired) electrons. The molecule has 0 saturated heterocycles. The highest BCUT2D eigenvalue weighted by molar-refractivity contribution is 5.84. The van der Waals surface area contributed by atoms with Crippen molar-refractivity contribution in [2.75, 3.05) is 0 Å². The van der Waals surface area contributed by atoms with Crippen molar-refractivity contribution in [1.29, 1.82) is 0 Å². The lowest BCUT2D eigenvalue weighted by Crippen LogP contribution is -2.33. The van der Waals surface area contributed by atoms with E-state index in [1.807, 2.05) is 13.8 Å². The van der Waals surface area contributed by atoms with Gasteiger partial charge < -0.3 is 5.11 Å². The summed E-state index contributed by atoms with van der Waals surface area (Å²) in [5.41, 5.74) is 0. The van der Waals surface area contributed by atoms with Crippen LogP contribution in [0.2, 0.25) is 0 Å². The molecule has 0 heterocycles. The van der Waals surface area contributed by atoms with Gasteiger partial charge in [-0.15, -0.1) is 0 Å². The van der Waals surface area contributed by atoms with E-state index in [0.717, 1.165) is 12.8 Å². The van der Waals surface area contributed by atoms with E-state index in [9.17, 15) is 9.90 Å². The molecule has 1 aliphatic carbocycles. The van der Waals surface area contributed by atoms with Crippen LogP contribution < -0.4 is 0 Å². The van der Waals surface area contributed by atoms with Gasteiger partial charge in [-0.3, -0.25) is 4.79 Å². The van der Waals surface area contributed by atoms with E-state index < -0.39 is 6.10 Å². The molecule has 0 bridgehead atoms. The molecule has 88 valence electrons. The van der Waals surface area contributed by atoms with Crippen molar-refractivity contribution in [2.24, 2.45) is 17.8 Å². The first kappa shape index (κ1) is 12.7. The maximum atomic E-state index is 11.7. The van der Waals surface area contributed by atoms with Gasteiger partial charge in [-0.05, 0) is 24.7 Å². The van der Waals surface area contributed by atoms with Gasteiger partial charge in [0.15, 0.2) is 0 Å². The minimum Gasteiger partial charge on any atom is -0.392 e. The lowest BCUT2D eigenvalue weighted by molar-refractivity contribution is -0.125. The standard InChI is InChI=1S/C13H24O2/c1-4-5-6-10-7-8-11(14)12(10)13(15)9(2)3/h9-10,12-13,15H,4-8H2,1-3H3. The molecule has 0 aromatic carbocycles. The van der Waals surface area contributed by atoms with Crippen LogP contribution in [0.15, 0.2) is 0 Å². The molecule has 0 aromatic rings. The number of hydrogen-bond donors (Lipinski definition) is 1. The van der Waals surface area contributed by atoms with E-state index in [2.05, 4.69) is 6.92 Å². The van der Waals surface area contributed by atoms with E-state index in [0.29, 0.717) is 12.3 Å². The zero-order chi connectivity index (χ0) is 11.4. The molecule has 15 heavy (non-hydrogen) atoms. The molecule has 3 atom stereocenters. The molecule has 1 N–H and O–H groups in total. The Bertz CT molecular complexity index is 211. The van der Waals surface area contributed by atoms with E-state index in [-0.39, 0.29) is 17.6 Å². The second-order valence-electron chi connectivity index (χ2n) is 5.17. The third-order valence-corrected chi connectivity index (χ3v) is 3.62. The quantitative estimate of drug-likeness (QED) is 0.761. The molecule has 2 heteroatoms. The molecule has 0 aliphatic heterocycles. The van der Waals surface area contributed by atoms with E-state index >= 15 is 0 Å². The van der Waals surface area contributed by atoms with Gasteiger partial charge in [0.05, 0.1) is 6.10 Å². The van der Waals surface area contributed by atoms with Gasteiger partial charge >= 0.3 is 0 Å². The highest BCUT2D eigenvalue weighted by Crippen LogP contribution is 2.36. The first-order valence-electron chi connectivity index (χ1n) is 6.28. The van der Waals surface area contributed by atoms with Crippen molar-refractivity contribution >= 4 is 5.78 Å². The largest absolute Gasteiger partial charge is 0.392 e. The van der Waals surface area contributed by atoms with Crippen molar-refractivity contribution in [3.63, 3.8) is 0 Å².